The summed E-state index contributed by atoms with van der Waals surface area (Å²) in [6.45, 7) is 5.93. The SMILES string of the molecule is CCc1ccc(CN2CCc3c(C(=O)NCCOC)csc3C2)nc1. The predicted octanol–water partition coefficient (Wildman–Crippen LogP) is 2.64. The van der Waals surface area contributed by atoms with Gasteiger partial charge in [-0.1, -0.05) is 13.0 Å². The second-order valence-corrected chi connectivity index (χ2v) is 7.24. The maximum absolute atomic E-state index is 12.3. The molecule has 25 heavy (non-hydrogen) atoms. The molecule has 3 heterocycles. The van der Waals surface area contributed by atoms with E-state index in [1.54, 1.807) is 18.4 Å². The average molecular weight is 359 g/mol. The number of nitrogens with zero attached hydrogens (tertiary/aromatic N) is 2. The molecular weight excluding hydrogens is 334 g/mol. The Morgan fingerprint density at radius 1 is 1.44 bits per heavy atom. The molecule has 0 aliphatic carbocycles. The molecule has 6 heteroatoms. The summed E-state index contributed by atoms with van der Waals surface area (Å²) in [4.78, 5) is 20.6. The van der Waals surface area contributed by atoms with E-state index in [2.05, 4.69) is 34.3 Å². The minimum atomic E-state index is 0.0137. The van der Waals surface area contributed by atoms with Crippen LogP contribution >= 0.6 is 11.3 Å². The molecule has 0 saturated carbocycles. The van der Waals surface area contributed by atoms with Gasteiger partial charge in [-0.15, -0.1) is 11.3 Å². The number of carbonyl (C=O) groups is 1. The van der Waals surface area contributed by atoms with Crippen LogP contribution in [-0.2, 0) is 30.7 Å². The van der Waals surface area contributed by atoms with Crippen molar-refractivity contribution in [3.05, 3.63) is 51.0 Å². The first kappa shape index (κ1) is 18.0. The highest BCUT2D eigenvalue weighted by Gasteiger charge is 2.23. The molecule has 0 fully saturated rings. The lowest BCUT2D eigenvalue weighted by atomic mass is 10.0. The quantitative estimate of drug-likeness (QED) is 0.772. The molecule has 134 valence electrons. The minimum absolute atomic E-state index is 0.0137. The van der Waals surface area contributed by atoms with Crippen molar-refractivity contribution in [3.63, 3.8) is 0 Å². The van der Waals surface area contributed by atoms with Gasteiger partial charge < -0.3 is 10.1 Å². The van der Waals surface area contributed by atoms with Crippen LogP contribution in [0.4, 0.5) is 0 Å². The van der Waals surface area contributed by atoms with Crippen molar-refractivity contribution in [1.82, 2.24) is 15.2 Å². The molecule has 0 bridgehead atoms. The fourth-order valence-electron chi connectivity index (χ4n) is 3.06. The zero-order valence-corrected chi connectivity index (χ0v) is 15.7. The lowest BCUT2D eigenvalue weighted by Crippen LogP contribution is -2.32. The lowest BCUT2D eigenvalue weighted by Gasteiger charge is -2.27. The number of thiophene rings is 1. The summed E-state index contributed by atoms with van der Waals surface area (Å²) in [7, 11) is 1.64. The Kier molecular flexibility index (Phi) is 6.18. The van der Waals surface area contributed by atoms with Crippen LogP contribution < -0.4 is 5.32 Å². The zero-order chi connectivity index (χ0) is 17.6. The van der Waals surface area contributed by atoms with Gasteiger partial charge in [-0.25, -0.2) is 0 Å². The van der Waals surface area contributed by atoms with E-state index in [4.69, 9.17) is 4.74 Å². The number of nitrogens with one attached hydrogen (secondary N) is 1. The monoisotopic (exact) mass is 359 g/mol. The first-order valence-corrected chi connectivity index (χ1v) is 9.61. The molecule has 1 aliphatic heterocycles. The lowest BCUT2D eigenvalue weighted by molar-refractivity contribution is 0.0935. The van der Waals surface area contributed by atoms with Gasteiger partial charge >= 0.3 is 0 Å². The van der Waals surface area contributed by atoms with Crippen molar-refractivity contribution in [2.45, 2.75) is 32.9 Å². The fraction of sp³-hybridized carbons (Fsp3) is 0.474. The third-order valence-electron chi connectivity index (χ3n) is 4.54. The molecular formula is C19H25N3O2S. The van der Waals surface area contributed by atoms with Gasteiger partial charge in [-0.3, -0.25) is 14.7 Å². The molecule has 0 radical (unpaired) electrons. The number of methoxy groups -OCH3 is 1. The van der Waals surface area contributed by atoms with Gasteiger partial charge in [0.25, 0.3) is 5.91 Å². The molecule has 0 spiro atoms. The minimum Gasteiger partial charge on any atom is -0.383 e. The summed E-state index contributed by atoms with van der Waals surface area (Å²) in [5.74, 6) is 0.0137. The molecule has 5 nitrogen and oxygen atoms in total. The molecule has 0 saturated heterocycles. The largest absolute Gasteiger partial charge is 0.383 e. The fourth-order valence-corrected chi connectivity index (χ4v) is 4.18. The van der Waals surface area contributed by atoms with Crippen molar-refractivity contribution < 1.29 is 9.53 Å². The van der Waals surface area contributed by atoms with Gasteiger partial charge in [-0.2, -0.15) is 0 Å². The molecule has 0 unspecified atom stereocenters. The second kappa shape index (κ2) is 8.56. The number of carbonyl (C=O) groups excluding carboxylic acids is 1. The van der Waals surface area contributed by atoms with E-state index in [0.29, 0.717) is 13.2 Å². The molecule has 1 N–H and O–H groups in total. The van der Waals surface area contributed by atoms with Crippen molar-refractivity contribution in [2.24, 2.45) is 0 Å². The van der Waals surface area contributed by atoms with Crippen molar-refractivity contribution in [1.29, 1.82) is 0 Å². The van der Waals surface area contributed by atoms with Gasteiger partial charge in [-0.05, 0) is 30.0 Å². The number of hydrogen-bond donors (Lipinski definition) is 1. The van der Waals surface area contributed by atoms with E-state index in [-0.39, 0.29) is 5.91 Å². The number of aryl methyl sites for hydroxylation is 1. The molecule has 3 rings (SSSR count). The number of rotatable bonds is 7. The normalized spacial score (nSPS) is 14.3. The number of amides is 1. The molecule has 0 aromatic carbocycles. The highest BCUT2D eigenvalue weighted by molar-refractivity contribution is 7.10. The molecule has 2 aromatic heterocycles. The Morgan fingerprint density at radius 3 is 3.04 bits per heavy atom. The van der Waals surface area contributed by atoms with Crippen LogP contribution in [0.3, 0.4) is 0 Å². The van der Waals surface area contributed by atoms with E-state index >= 15 is 0 Å². The first-order valence-electron chi connectivity index (χ1n) is 8.73. The van der Waals surface area contributed by atoms with E-state index in [9.17, 15) is 4.79 Å². The van der Waals surface area contributed by atoms with Gasteiger partial charge in [0, 0.05) is 49.7 Å². The van der Waals surface area contributed by atoms with E-state index in [0.717, 1.165) is 43.7 Å². The summed E-state index contributed by atoms with van der Waals surface area (Å²) in [6.07, 6.45) is 3.90. The van der Waals surface area contributed by atoms with Gasteiger partial charge in [0.1, 0.15) is 0 Å². The van der Waals surface area contributed by atoms with Crippen LogP contribution in [0.5, 0.6) is 0 Å². The van der Waals surface area contributed by atoms with Crippen LogP contribution in [0.25, 0.3) is 0 Å². The van der Waals surface area contributed by atoms with Gasteiger partial charge in [0.05, 0.1) is 17.9 Å². The third-order valence-corrected chi connectivity index (χ3v) is 5.56. The van der Waals surface area contributed by atoms with Gasteiger partial charge in [0.15, 0.2) is 0 Å². The Labute approximate surface area is 153 Å². The maximum Gasteiger partial charge on any atom is 0.252 e. The summed E-state index contributed by atoms with van der Waals surface area (Å²) in [5, 5.41) is 4.91. The zero-order valence-electron chi connectivity index (χ0n) is 14.9. The van der Waals surface area contributed by atoms with Crippen LogP contribution in [0, 0.1) is 0 Å². The third kappa shape index (κ3) is 4.45. The van der Waals surface area contributed by atoms with Crippen molar-refractivity contribution in [3.8, 4) is 0 Å². The number of hydrogen-bond acceptors (Lipinski definition) is 5. The standard InChI is InChI=1S/C19H25N3O2S/c1-3-14-4-5-15(21-10-14)11-22-8-6-16-17(13-25-18(16)12-22)19(23)20-7-9-24-2/h4-5,10,13H,3,6-9,11-12H2,1-2H3,(H,20,23). The van der Waals surface area contributed by atoms with Crippen molar-refractivity contribution >= 4 is 17.2 Å². The summed E-state index contributed by atoms with van der Waals surface area (Å²) in [6, 6.07) is 4.28. The molecule has 1 amide bonds. The smallest absolute Gasteiger partial charge is 0.252 e. The first-order chi connectivity index (χ1) is 12.2. The predicted molar refractivity (Wildman–Crippen MR) is 100.0 cm³/mol. The Morgan fingerprint density at radius 2 is 2.32 bits per heavy atom. The number of aromatic nitrogens is 1. The van der Waals surface area contributed by atoms with E-state index in [1.165, 1.54) is 16.0 Å². The molecule has 0 atom stereocenters. The number of ether oxygens (including phenoxy) is 1. The molecule has 1 aliphatic rings. The molecule has 2 aromatic rings. The summed E-state index contributed by atoms with van der Waals surface area (Å²) >= 11 is 1.69. The summed E-state index contributed by atoms with van der Waals surface area (Å²) < 4.78 is 4.98. The van der Waals surface area contributed by atoms with Crippen LogP contribution in [0.1, 0.15) is 39.0 Å². The van der Waals surface area contributed by atoms with Crippen molar-refractivity contribution in [2.75, 3.05) is 26.8 Å². The highest BCUT2D eigenvalue weighted by Crippen LogP contribution is 2.29. The number of fused-ring (bicyclic) bond motifs is 1. The highest BCUT2D eigenvalue weighted by atomic mass is 32.1. The summed E-state index contributed by atoms with van der Waals surface area (Å²) in [5.41, 5.74) is 4.42. The van der Waals surface area contributed by atoms with Gasteiger partial charge in [0.2, 0.25) is 0 Å². The second-order valence-electron chi connectivity index (χ2n) is 6.27. The number of pyridine rings is 1. The van der Waals surface area contributed by atoms with Crippen LogP contribution in [0.2, 0.25) is 0 Å². The van der Waals surface area contributed by atoms with E-state index in [1.807, 2.05) is 11.6 Å². The van der Waals surface area contributed by atoms with Crippen LogP contribution in [0.15, 0.2) is 23.7 Å². The topological polar surface area (TPSA) is 54.5 Å². The average Bonchev–Trinajstić information content (AvgIpc) is 3.06. The van der Waals surface area contributed by atoms with E-state index < -0.39 is 0 Å². The Balaban J connectivity index is 1.61. The maximum atomic E-state index is 12.3. The Bertz CT molecular complexity index is 712. The van der Waals surface area contributed by atoms with Crippen LogP contribution in [-0.4, -0.2) is 42.6 Å². The Hall–Kier alpha value is -1.76.